The van der Waals surface area contributed by atoms with Gasteiger partial charge in [-0.25, -0.2) is 8.42 Å². The number of Topliss-reactive ketones (excluding diaryl/α,β-unsaturated/α-hetero) is 1. The average molecular weight is 624 g/mol. The third kappa shape index (κ3) is 8.91. The van der Waals surface area contributed by atoms with E-state index in [1.807, 2.05) is 30.3 Å². The molecule has 3 aromatic rings. The number of hydrogen-bond acceptors (Lipinski definition) is 5. The zero-order chi connectivity index (χ0) is 31.0. The summed E-state index contributed by atoms with van der Waals surface area (Å²) in [5.41, 5.74) is 2.00. The second kappa shape index (κ2) is 14.7. The number of carbonyl (C=O) groups is 3. The van der Waals surface area contributed by atoms with Gasteiger partial charge in [0.05, 0.1) is 11.9 Å². The SMILES string of the molecule is CC(=O)c1cccc(N(CC(=O)N(Cc2ccccc2Cl)C(Cc2ccccc2)C(=O)NC2CCCCC2)S(C)(=O)=O)c1. The van der Waals surface area contributed by atoms with Gasteiger partial charge in [-0.1, -0.05) is 91.5 Å². The lowest BCUT2D eigenvalue weighted by atomic mass is 9.94. The number of ketones is 1. The molecule has 1 N–H and O–H groups in total. The highest BCUT2D eigenvalue weighted by Crippen LogP contribution is 2.24. The standard InChI is InChI=1S/C33H38ClN3O5S/c1-24(38)26-15-11-18-29(21-26)37(43(2,41)42)23-32(39)36(22-27-14-9-10-19-30(27)34)31(20-25-12-5-3-6-13-25)33(40)35-28-16-7-4-8-17-28/h3,5-6,9-15,18-19,21,28,31H,4,7-8,16-17,20,22-23H2,1-2H3,(H,35,40). The molecule has 1 saturated carbocycles. The van der Waals surface area contributed by atoms with Crippen molar-refractivity contribution >= 4 is 44.9 Å². The van der Waals surface area contributed by atoms with E-state index in [0.717, 1.165) is 48.2 Å². The number of amides is 2. The Morgan fingerprint density at radius 3 is 2.26 bits per heavy atom. The molecular formula is C33H38ClN3O5S. The van der Waals surface area contributed by atoms with E-state index in [1.165, 1.54) is 24.0 Å². The maximum absolute atomic E-state index is 14.3. The topological polar surface area (TPSA) is 104 Å². The monoisotopic (exact) mass is 623 g/mol. The number of anilines is 1. The molecule has 228 valence electrons. The molecule has 0 aromatic heterocycles. The van der Waals surface area contributed by atoms with Crippen LogP contribution >= 0.6 is 11.6 Å². The first kappa shape index (κ1) is 32.2. The molecule has 1 atom stereocenters. The summed E-state index contributed by atoms with van der Waals surface area (Å²) in [6.45, 7) is 0.825. The highest BCUT2D eigenvalue weighted by atomic mass is 35.5. The van der Waals surface area contributed by atoms with Crippen molar-refractivity contribution in [1.82, 2.24) is 10.2 Å². The second-order valence-corrected chi connectivity index (χ2v) is 13.4. The molecule has 0 aliphatic heterocycles. The van der Waals surface area contributed by atoms with Crippen LogP contribution in [-0.4, -0.2) is 55.8 Å². The number of nitrogens with zero attached hydrogens (tertiary/aromatic N) is 2. The Labute approximate surface area is 259 Å². The minimum absolute atomic E-state index is 0.000812. The van der Waals surface area contributed by atoms with Gasteiger partial charge in [-0.3, -0.25) is 18.7 Å². The van der Waals surface area contributed by atoms with Crippen molar-refractivity contribution < 1.29 is 22.8 Å². The first-order chi connectivity index (χ1) is 20.5. The van der Waals surface area contributed by atoms with Crippen molar-refractivity contribution in [2.75, 3.05) is 17.1 Å². The summed E-state index contributed by atoms with van der Waals surface area (Å²) in [4.78, 5) is 41.7. The fourth-order valence-corrected chi connectivity index (χ4v) is 6.44. The van der Waals surface area contributed by atoms with E-state index in [4.69, 9.17) is 11.6 Å². The van der Waals surface area contributed by atoms with Crippen LogP contribution in [0.3, 0.4) is 0 Å². The number of sulfonamides is 1. The van der Waals surface area contributed by atoms with Gasteiger partial charge < -0.3 is 10.2 Å². The Kier molecular flexibility index (Phi) is 11.0. The molecule has 8 nitrogen and oxygen atoms in total. The van der Waals surface area contributed by atoms with Crippen LogP contribution in [-0.2, 0) is 32.6 Å². The number of rotatable bonds is 12. The summed E-state index contributed by atoms with van der Waals surface area (Å²) in [5, 5.41) is 3.61. The van der Waals surface area contributed by atoms with E-state index >= 15 is 0 Å². The van der Waals surface area contributed by atoms with E-state index in [-0.39, 0.29) is 36.4 Å². The summed E-state index contributed by atoms with van der Waals surface area (Å²) in [5.74, 6) is -1.09. The predicted molar refractivity (Wildman–Crippen MR) is 170 cm³/mol. The van der Waals surface area contributed by atoms with Crippen LogP contribution in [0.4, 0.5) is 5.69 Å². The first-order valence-corrected chi connectivity index (χ1v) is 16.7. The molecule has 3 aromatic carbocycles. The van der Waals surface area contributed by atoms with E-state index in [1.54, 1.807) is 36.4 Å². The molecule has 0 heterocycles. The molecule has 0 spiro atoms. The smallest absolute Gasteiger partial charge is 0.244 e. The Balaban J connectivity index is 1.74. The maximum Gasteiger partial charge on any atom is 0.244 e. The molecule has 0 saturated heterocycles. The van der Waals surface area contributed by atoms with Crippen LogP contribution in [0.5, 0.6) is 0 Å². The fourth-order valence-electron chi connectivity index (χ4n) is 5.40. The van der Waals surface area contributed by atoms with Gasteiger partial charge in [0.15, 0.2) is 5.78 Å². The number of nitrogens with one attached hydrogen (secondary N) is 1. The lowest BCUT2D eigenvalue weighted by molar-refractivity contribution is -0.140. The van der Waals surface area contributed by atoms with Crippen LogP contribution in [0.15, 0.2) is 78.9 Å². The zero-order valence-electron chi connectivity index (χ0n) is 24.5. The van der Waals surface area contributed by atoms with E-state index < -0.39 is 28.5 Å². The average Bonchev–Trinajstić information content (AvgIpc) is 2.99. The van der Waals surface area contributed by atoms with Crippen molar-refractivity contribution in [2.45, 2.75) is 64.1 Å². The van der Waals surface area contributed by atoms with Gasteiger partial charge in [-0.15, -0.1) is 0 Å². The number of hydrogen-bond donors (Lipinski definition) is 1. The Bertz CT molecular complexity index is 1540. The molecule has 0 bridgehead atoms. The van der Waals surface area contributed by atoms with Crippen molar-refractivity contribution in [3.05, 3.63) is 101 Å². The van der Waals surface area contributed by atoms with Gasteiger partial charge in [0.1, 0.15) is 12.6 Å². The minimum atomic E-state index is -3.95. The third-order valence-corrected chi connectivity index (χ3v) is 9.25. The Hall–Kier alpha value is -3.69. The van der Waals surface area contributed by atoms with Gasteiger partial charge in [0, 0.05) is 29.6 Å². The second-order valence-electron chi connectivity index (χ2n) is 11.0. The summed E-state index contributed by atoms with van der Waals surface area (Å²) < 4.78 is 27.0. The van der Waals surface area contributed by atoms with Crippen LogP contribution in [0.2, 0.25) is 5.02 Å². The molecule has 2 amide bonds. The Morgan fingerprint density at radius 2 is 1.60 bits per heavy atom. The molecular weight excluding hydrogens is 586 g/mol. The van der Waals surface area contributed by atoms with Crippen molar-refractivity contribution in [3.63, 3.8) is 0 Å². The van der Waals surface area contributed by atoms with Gasteiger partial charge in [-0.2, -0.15) is 0 Å². The maximum atomic E-state index is 14.3. The quantitative estimate of drug-likeness (QED) is 0.272. The fraction of sp³-hybridized carbons (Fsp3) is 0.364. The normalized spacial score (nSPS) is 14.5. The molecule has 1 fully saturated rings. The van der Waals surface area contributed by atoms with E-state index in [9.17, 15) is 22.8 Å². The molecule has 10 heteroatoms. The van der Waals surface area contributed by atoms with Crippen molar-refractivity contribution in [2.24, 2.45) is 0 Å². The summed E-state index contributed by atoms with van der Waals surface area (Å²) >= 11 is 6.52. The molecule has 1 unspecified atom stereocenters. The molecule has 1 aliphatic carbocycles. The number of benzene rings is 3. The van der Waals surface area contributed by atoms with Gasteiger partial charge >= 0.3 is 0 Å². The Morgan fingerprint density at radius 1 is 0.930 bits per heavy atom. The van der Waals surface area contributed by atoms with Crippen LogP contribution in [0.25, 0.3) is 0 Å². The van der Waals surface area contributed by atoms with Crippen LogP contribution in [0, 0.1) is 0 Å². The molecule has 43 heavy (non-hydrogen) atoms. The van der Waals surface area contributed by atoms with Gasteiger partial charge in [-0.05, 0) is 49.1 Å². The van der Waals surface area contributed by atoms with Crippen molar-refractivity contribution in [3.8, 4) is 0 Å². The summed E-state index contributed by atoms with van der Waals surface area (Å²) in [6, 6.07) is 21.7. The van der Waals surface area contributed by atoms with E-state index in [0.29, 0.717) is 16.1 Å². The largest absolute Gasteiger partial charge is 0.352 e. The lowest BCUT2D eigenvalue weighted by Gasteiger charge is -2.35. The minimum Gasteiger partial charge on any atom is -0.352 e. The van der Waals surface area contributed by atoms with E-state index in [2.05, 4.69) is 5.32 Å². The molecule has 4 rings (SSSR count). The highest BCUT2D eigenvalue weighted by molar-refractivity contribution is 7.92. The van der Waals surface area contributed by atoms with Gasteiger partial charge in [0.2, 0.25) is 21.8 Å². The third-order valence-electron chi connectivity index (χ3n) is 7.74. The zero-order valence-corrected chi connectivity index (χ0v) is 26.1. The summed E-state index contributed by atoms with van der Waals surface area (Å²) in [7, 11) is -3.95. The number of halogens is 1. The van der Waals surface area contributed by atoms with Crippen LogP contribution in [0.1, 0.15) is 60.5 Å². The molecule has 1 aliphatic rings. The van der Waals surface area contributed by atoms with Crippen molar-refractivity contribution in [1.29, 1.82) is 0 Å². The first-order valence-electron chi connectivity index (χ1n) is 14.5. The summed E-state index contributed by atoms with van der Waals surface area (Å²) in [6.07, 6.45) is 6.17. The predicted octanol–water partition coefficient (Wildman–Crippen LogP) is 5.40. The van der Waals surface area contributed by atoms with Gasteiger partial charge in [0.25, 0.3) is 0 Å². The van der Waals surface area contributed by atoms with Crippen LogP contribution < -0.4 is 9.62 Å². The molecule has 0 radical (unpaired) electrons. The lowest BCUT2D eigenvalue weighted by Crippen LogP contribution is -2.55. The highest BCUT2D eigenvalue weighted by Gasteiger charge is 2.34. The number of carbonyl (C=O) groups excluding carboxylic acids is 3.